The van der Waals surface area contributed by atoms with Crippen molar-refractivity contribution in [3.63, 3.8) is 0 Å². The van der Waals surface area contributed by atoms with Crippen molar-refractivity contribution >= 4 is 30.0 Å². The third-order valence-corrected chi connectivity index (χ3v) is 8.44. The topological polar surface area (TPSA) is 104 Å². The van der Waals surface area contributed by atoms with Crippen molar-refractivity contribution in [3.05, 3.63) is 123 Å². The number of halogens is 1. The summed E-state index contributed by atoms with van der Waals surface area (Å²) in [6, 6.07) is 19.4. The minimum absolute atomic E-state index is 0.109. The van der Waals surface area contributed by atoms with Gasteiger partial charge in [-0.1, -0.05) is 81.0 Å². The lowest BCUT2D eigenvalue weighted by Crippen LogP contribution is -2.23. The largest absolute Gasteiger partial charge is 0.372 e. The monoisotopic (exact) mass is 631 g/mol. The second kappa shape index (κ2) is 14.9. The Morgan fingerprint density at radius 2 is 1.83 bits per heavy atom. The van der Waals surface area contributed by atoms with Gasteiger partial charge in [0.15, 0.2) is 0 Å². The van der Waals surface area contributed by atoms with Crippen LogP contribution in [0.5, 0.6) is 0 Å². The van der Waals surface area contributed by atoms with E-state index in [0.29, 0.717) is 35.2 Å². The molecule has 0 saturated heterocycles. The summed E-state index contributed by atoms with van der Waals surface area (Å²) in [4.78, 5) is 22.8. The summed E-state index contributed by atoms with van der Waals surface area (Å²) in [7, 11) is 1.78. The number of anilines is 2. The van der Waals surface area contributed by atoms with Crippen LogP contribution in [0.4, 0.5) is 16.2 Å². The van der Waals surface area contributed by atoms with Crippen molar-refractivity contribution < 1.29 is 4.39 Å². The highest BCUT2D eigenvalue weighted by molar-refractivity contribution is 5.85. The molecule has 3 aromatic heterocycles. The number of rotatable bonds is 12. The molecule has 0 bridgehead atoms. The van der Waals surface area contributed by atoms with Gasteiger partial charge < -0.3 is 11.1 Å². The molecule has 2 aromatic carbocycles. The molecule has 3 heterocycles. The minimum atomic E-state index is -1.44. The summed E-state index contributed by atoms with van der Waals surface area (Å²) in [5.74, 6) is 1.01. The van der Waals surface area contributed by atoms with E-state index in [4.69, 9.17) is 5.73 Å². The number of nitrogens with zero attached hydrogens (tertiary/aromatic N) is 5. The number of hydrogen-bond acceptors (Lipinski definition) is 6. The van der Waals surface area contributed by atoms with Gasteiger partial charge in [-0.2, -0.15) is 10.1 Å². The molecule has 5 rings (SSSR count). The molecule has 0 spiro atoms. The average Bonchev–Trinajstić information content (AvgIpc) is 3.53. The van der Waals surface area contributed by atoms with Crippen LogP contribution in [-0.2, 0) is 6.54 Å². The molecule has 0 fully saturated rings. The summed E-state index contributed by atoms with van der Waals surface area (Å²) in [6.45, 7) is 8.45. The standard InChI is InChI=1S/C38H42FN7O/c1-6-25(3)29(7-2)20-30-18-19-46(37(47)34(30)26(4)39)32-15-11-14-31(21-32)35-33(36(41-5)44-38(40)43-35)17-16-28-22-42-45(24-28)23-27-12-9-8-10-13-27/h8-22,24-26H,6-7,23H2,1-5H3,(H3,40,41,43,44)/b17-16+,29-20+. The molecular formula is C38H42FN7O. The van der Waals surface area contributed by atoms with Crippen molar-refractivity contribution in [1.82, 2.24) is 24.3 Å². The van der Waals surface area contributed by atoms with Crippen LogP contribution in [0.3, 0.4) is 0 Å². The first-order valence-corrected chi connectivity index (χ1v) is 16.0. The Labute approximate surface area is 275 Å². The first-order chi connectivity index (χ1) is 22.7. The zero-order valence-electron chi connectivity index (χ0n) is 27.6. The van der Waals surface area contributed by atoms with Gasteiger partial charge in [-0.25, -0.2) is 9.37 Å². The lowest BCUT2D eigenvalue weighted by molar-refractivity contribution is 0.370. The van der Waals surface area contributed by atoms with Crippen molar-refractivity contribution in [2.24, 2.45) is 5.92 Å². The number of aromatic nitrogens is 5. The van der Waals surface area contributed by atoms with Gasteiger partial charge >= 0.3 is 0 Å². The van der Waals surface area contributed by atoms with E-state index in [2.05, 4.69) is 53.3 Å². The summed E-state index contributed by atoms with van der Waals surface area (Å²) in [5.41, 5.74) is 12.4. The summed E-state index contributed by atoms with van der Waals surface area (Å²) < 4.78 is 18.4. The van der Waals surface area contributed by atoms with E-state index < -0.39 is 11.7 Å². The maximum Gasteiger partial charge on any atom is 0.261 e. The van der Waals surface area contributed by atoms with Crippen LogP contribution < -0.4 is 16.6 Å². The highest BCUT2D eigenvalue weighted by Crippen LogP contribution is 2.31. The highest BCUT2D eigenvalue weighted by Gasteiger charge is 2.19. The van der Waals surface area contributed by atoms with Gasteiger partial charge in [-0.3, -0.25) is 14.0 Å². The van der Waals surface area contributed by atoms with Crippen molar-refractivity contribution in [3.8, 4) is 16.9 Å². The fourth-order valence-corrected chi connectivity index (χ4v) is 5.71. The van der Waals surface area contributed by atoms with Crippen LogP contribution in [0.15, 0.2) is 89.6 Å². The summed E-state index contributed by atoms with van der Waals surface area (Å²) in [5, 5.41) is 7.64. The molecule has 0 saturated carbocycles. The van der Waals surface area contributed by atoms with E-state index in [0.717, 1.165) is 35.1 Å². The molecule has 3 N–H and O–H groups in total. The number of nitrogens with one attached hydrogen (secondary N) is 1. The van der Waals surface area contributed by atoms with Gasteiger partial charge in [0.05, 0.1) is 24.0 Å². The number of pyridine rings is 1. The maximum absolute atomic E-state index is 15.1. The number of benzene rings is 2. The first-order valence-electron chi connectivity index (χ1n) is 16.0. The lowest BCUT2D eigenvalue weighted by Gasteiger charge is -2.16. The molecular weight excluding hydrogens is 589 g/mol. The predicted molar refractivity (Wildman–Crippen MR) is 191 cm³/mol. The molecule has 47 heavy (non-hydrogen) atoms. The minimum Gasteiger partial charge on any atom is -0.372 e. The number of nitrogen functional groups attached to an aromatic ring is 1. The number of alkyl halides is 1. The van der Waals surface area contributed by atoms with Crippen LogP contribution in [-0.4, -0.2) is 31.4 Å². The van der Waals surface area contributed by atoms with E-state index in [9.17, 15) is 4.79 Å². The third-order valence-electron chi connectivity index (χ3n) is 8.44. The Morgan fingerprint density at radius 1 is 1.04 bits per heavy atom. The SMILES string of the molecule is CC/C(=C\c1ccn(-c2cccc(-c3nc(N)nc(NC)c3/C=C/c3cnn(Cc4ccccc4)c3)c2)c(=O)c1C(C)F)C(C)CC. The Hall–Kier alpha value is -5.31. The average molecular weight is 632 g/mol. The molecule has 0 aliphatic heterocycles. The molecule has 2 unspecified atom stereocenters. The lowest BCUT2D eigenvalue weighted by atomic mass is 9.93. The van der Waals surface area contributed by atoms with Gasteiger partial charge in [-0.05, 0) is 61.1 Å². The normalized spacial score (nSPS) is 13.2. The fraction of sp³-hybridized carbons (Fsp3) is 0.263. The van der Waals surface area contributed by atoms with Gasteiger partial charge in [0, 0.05) is 41.8 Å². The van der Waals surface area contributed by atoms with Crippen LogP contribution in [0, 0.1) is 5.92 Å². The molecule has 2 atom stereocenters. The Kier molecular flexibility index (Phi) is 10.5. The van der Waals surface area contributed by atoms with E-state index in [-0.39, 0.29) is 11.5 Å². The molecule has 0 radical (unpaired) electrons. The number of nitrogens with two attached hydrogens (primary N) is 1. The van der Waals surface area contributed by atoms with E-state index >= 15 is 4.39 Å². The molecule has 242 valence electrons. The van der Waals surface area contributed by atoms with Crippen LogP contribution in [0.25, 0.3) is 35.2 Å². The first kappa shape index (κ1) is 33.1. The fourth-order valence-electron chi connectivity index (χ4n) is 5.71. The zero-order chi connectivity index (χ0) is 33.5. The molecule has 8 nitrogen and oxygen atoms in total. The molecule has 9 heteroatoms. The Balaban J connectivity index is 1.53. The number of allylic oxidation sites excluding steroid dienone is 1. The van der Waals surface area contributed by atoms with Crippen LogP contribution in [0.2, 0.25) is 0 Å². The second-order valence-corrected chi connectivity index (χ2v) is 11.6. The van der Waals surface area contributed by atoms with Gasteiger partial charge in [0.25, 0.3) is 5.56 Å². The quantitative estimate of drug-likeness (QED) is 0.144. The van der Waals surface area contributed by atoms with Gasteiger partial charge in [0.1, 0.15) is 12.0 Å². The second-order valence-electron chi connectivity index (χ2n) is 11.6. The predicted octanol–water partition coefficient (Wildman–Crippen LogP) is 8.20. The molecule has 0 aliphatic carbocycles. The molecule has 5 aromatic rings. The van der Waals surface area contributed by atoms with Crippen molar-refractivity contribution in [1.29, 1.82) is 0 Å². The Morgan fingerprint density at radius 3 is 2.53 bits per heavy atom. The number of hydrogen-bond donors (Lipinski definition) is 2. The van der Waals surface area contributed by atoms with E-state index in [1.165, 1.54) is 17.1 Å². The van der Waals surface area contributed by atoms with Crippen molar-refractivity contribution in [2.45, 2.75) is 53.3 Å². The van der Waals surface area contributed by atoms with E-state index in [1.807, 2.05) is 77.6 Å². The Bertz CT molecular complexity index is 1960. The van der Waals surface area contributed by atoms with Crippen molar-refractivity contribution in [2.75, 3.05) is 18.1 Å². The van der Waals surface area contributed by atoms with Gasteiger partial charge in [0.2, 0.25) is 5.95 Å². The van der Waals surface area contributed by atoms with Crippen LogP contribution >= 0.6 is 0 Å². The summed E-state index contributed by atoms with van der Waals surface area (Å²) >= 11 is 0. The molecule has 0 aliphatic rings. The van der Waals surface area contributed by atoms with E-state index in [1.54, 1.807) is 19.4 Å². The zero-order valence-corrected chi connectivity index (χ0v) is 27.6. The van der Waals surface area contributed by atoms with Gasteiger partial charge in [-0.15, -0.1) is 0 Å². The third kappa shape index (κ3) is 7.57. The highest BCUT2D eigenvalue weighted by atomic mass is 19.1. The summed E-state index contributed by atoms with van der Waals surface area (Å²) in [6.07, 6.45) is 11.7. The van der Waals surface area contributed by atoms with Crippen LogP contribution in [0.1, 0.15) is 74.5 Å². The maximum atomic E-state index is 15.1. The molecule has 0 amide bonds. The smallest absolute Gasteiger partial charge is 0.261 e.